The van der Waals surface area contributed by atoms with Crippen LogP contribution in [0.5, 0.6) is 5.75 Å². The van der Waals surface area contributed by atoms with Crippen molar-refractivity contribution in [2.45, 2.75) is 52.1 Å². The van der Waals surface area contributed by atoms with Crippen molar-refractivity contribution in [1.29, 1.82) is 0 Å². The summed E-state index contributed by atoms with van der Waals surface area (Å²) in [6.45, 7) is 5.62. The van der Waals surface area contributed by atoms with E-state index in [1.807, 2.05) is 6.92 Å². The number of hydrogen-bond acceptors (Lipinski definition) is 6. The van der Waals surface area contributed by atoms with Crippen LogP contribution in [-0.4, -0.2) is 68.6 Å². The van der Waals surface area contributed by atoms with E-state index in [4.69, 9.17) is 4.74 Å². The van der Waals surface area contributed by atoms with Crippen molar-refractivity contribution in [3.05, 3.63) is 41.1 Å². The minimum Gasteiger partial charge on any atom is -0.492 e. The van der Waals surface area contributed by atoms with Crippen molar-refractivity contribution in [2.75, 3.05) is 19.8 Å². The number of rotatable bonds is 7. The number of H-pyrrole nitrogens is 1. The van der Waals surface area contributed by atoms with Crippen molar-refractivity contribution >= 4 is 22.8 Å². The van der Waals surface area contributed by atoms with E-state index in [2.05, 4.69) is 20.3 Å². The van der Waals surface area contributed by atoms with Gasteiger partial charge >= 0.3 is 0 Å². The van der Waals surface area contributed by atoms with Crippen LogP contribution in [0, 0.1) is 25.6 Å². The number of likely N-dealkylation sites (tertiary alicyclic amines) is 1. The third-order valence-electron chi connectivity index (χ3n) is 7.07. The van der Waals surface area contributed by atoms with Crippen LogP contribution in [0.4, 0.5) is 4.39 Å². The Morgan fingerprint density at radius 3 is 2.78 bits per heavy atom. The molecule has 0 spiro atoms. The summed E-state index contributed by atoms with van der Waals surface area (Å²) in [6, 6.07) is 3.09. The normalized spacial score (nSPS) is 19.6. The minimum atomic E-state index is -0.561. The molecule has 1 aromatic carbocycles. The standard InChI is InChI=1S/C26H30FN5O4/c1-13-4-7-18(36-11-16-5-6-16)21(22(13)27)24-25-23(28-12-29-24)20(15(3)30-25)26(35)31-17-8-14(2)32(9-17)19(34)10-33/h4,7,12,14,16-17,30,33H,5-6,8-11H2,1-3H3,(H,31,35)/t14-,17+/m0/s1. The van der Waals surface area contributed by atoms with Gasteiger partial charge in [0.15, 0.2) is 0 Å². The second-order valence-electron chi connectivity index (χ2n) is 9.85. The predicted octanol–water partition coefficient (Wildman–Crippen LogP) is 2.88. The Kier molecular flexibility index (Phi) is 6.38. The number of halogens is 1. The lowest BCUT2D eigenvalue weighted by atomic mass is 10.0. The molecule has 2 atom stereocenters. The van der Waals surface area contributed by atoms with E-state index in [0.29, 0.717) is 64.8 Å². The van der Waals surface area contributed by atoms with E-state index < -0.39 is 12.4 Å². The number of carbonyl (C=O) groups excluding carboxylic acids is 2. The molecule has 0 bridgehead atoms. The average Bonchev–Trinajstić information content (AvgIpc) is 3.52. The van der Waals surface area contributed by atoms with E-state index in [9.17, 15) is 14.7 Å². The Hall–Kier alpha value is -3.53. The molecule has 10 heteroatoms. The smallest absolute Gasteiger partial charge is 0.255 e. The Balaban J connectivity index is 1.48. The van der Waals surface area contributed by atoms with Gasteiger partial charge in [0.25, 0.3) is 5.91 Å². The SMILES string of the molecule is Cc1ccc(OCC2CC2)c(-c2ncnc3c(C(=O)N[C@@H]4C[C@H](C)N(C(=O)CO)C4)c(C)[nH]c23)c1F. The number of amides is 2. The summed E-state index contributed by atoms with van der Waals surface area (Å²) in [7, 11) is 0. The van der Waals surface area contributed by atoms with E-state index in [-0.39, 0.29) is 29.5 Å². The lowest BCUT2D eigenvalue weighted by Crippen LogP contribution is -2.40. The summed E-state index contributed by atoms with van der Waals surface area (Å²) < 4.78 is 21.4. The number of carbonyl (C=O) groups is 2. The first-order chi connectivity index (χ1) is 17.3. The molecule has 3 N–H and O–H groups in total. The molecule has 0 radical (unpaired) electrons. The Labute approximate surface area is 208 Å². The molecular formula is C26H30FN5O4. The second-order valence-corrected chi connectivity index (χ2v) is 9.85. The predicted molar refractivity (Wildman–Crippen MR) is 131 cm³/mol. The number of nitrogens with zero attached hydrogens (tertiary/aromatic N) is 3. The molecule has 2 amide bonds. The van der Waals surface area contributed by atoms with Gasteiger partial charge in [0.05, 0.1) is 23.3 Å². The third-order valence-corrected chi connectivity index (χ3v) is 7.07. The monoisotopic (exact) mass is 495 g/mol. The second kappa shape index (κ2) is 9.50. The molecule has 9 nitrogen and oxygen atoms in total. The van der Waals surface area contributed by atoms with Crippen LogP contribution in [0.2, 0.25) is 0 Å². The van der Waals surface area contributed by atoms with Gasteiger partial charge in [-0.1, -0.05) is 6.07 Å². The molecule has 1 aliphatic heterocycles. The molecule has 36 heavy (non-hydrogen) atoms. The lowest BCUT2D eigenvalue weighted by Gasteiger charge is -2.19. The molecule has 2 fully saturated rings. The fourth-order valence-corrected chi connectivity index (χ4v) is 4.92. The first-order valence-corrected chi connectivity index (χ1v) is 12.2. The van der Waals surface area contributed by atoms with Crippen LogP contribution in [0.3, 0.4) is 0 Å². The van der Waals surface area contributed by atoms with Gasteiger partial charge in [0.1, 0.15) is 35.7 Å². The van der Waals surface area contributed by atoms with Crippen LogP contribution < -0.4 is 10.1 Å². The molecular weight excluding hydrogens is 465 g/mol. The lowest BCUT2D eigenvalue weighted by molar-refractivity contribution is -0.134. The number of hydrogen-bond donors (Lipinski definition) is 3. The highest BCUT2D eigenvalue weighted by molar-refractivity contribution is 6.09. The van der Waals surface area contributed by atoms with Crippen molar-refractivity contribution < 1.29 is 23.8 Å². The van der Waals surface area contributed by atoms with Gasteiger partial charge in [0.2, 0.25) is 5.91 Å². The number of ether oxygens (including phenoxy) is 1. The Morgan fingerprint density at radius 1 is 1.28 bits per heavy atom. The fraction of sp³-hybridized carbons (Fsp3) is 0.462. The molecule has 2 aromatic heterocycles. The van der Waals surface area contributed by atoms with E-state index in [0.717, 1.165) is 12.8 Å². The number of aromatic amines is 1. The van der Waals surface area contributed by atoms with Crippen LogP contribution in [0.1, 0.15) is 47.8 Å². The molecule has 3 heterocycles. The number of nitrogens with one attached hydrogen (secondary N) is 2. The summed E-state index contributed by atoms with van der Waals surface area (Å²) in [6.07, 6.45) is 4.13. The maximum atomic E-state index is 15.4. The summed E-state index contributed by atoms with van der Waals surface area (Å²) in [5.74, 6) is -0.210. The highest BCUT2D eigenvalue weighted by atomic mass is 19.1. The van der Waals surface area contributed by atoms with Crippen molar-refractivity contribution in [3.63, 3.8) is 0 Å². The zero-order chi connectivity index (χ0) is 25.6. The van der Waals surface area contributed by atoms with Crippen LogP contribution in [0.25, 0.3) is 22.3 Å². The molecule has 3 aromatic rings. The number of aryl methyl sites for hydroxylation is 2. The van der Waals surface area contributed by atoms with Gasteiger partial charge in [-0.15, -0.1) is 0 Å². The molecule has 190 valence electrons. The zero-order valence-electron chi connectivity index (χ0n) is 20.6. The molecule has 1 saturated heterocycles. The molecule has 1 saturated carbocycles. The van der Waals surface area contributed by atoms with Crippen molar-refractivity contribution in [2.24, 2.45) is 5.92 Å². The zero-order valence-corrected chi connectivity index (χ0v) is 20.6. The topological polar surface area (TPSA) is 120 Å². The van der Waals surface area contributed by atoms with Gasteiger partial charge in [-0.3, -0.25) is 9.59 Å². The molecule has 0 unspecified atom stereocenters. The van der Waals surface area contributed by atoms with Crippen LogP contribution >= 0.6 is 0 Å². The summed E-state index contributed by atoms with van der Waals surface area (Å²) in [4.78, 5) is 38.8. The van der Waals surface area contributed by atoms with Crippen molar-refractivity contribution in [3.8, 4) is 17.0 Å². The van der Waals surface area contributed by atoms with Gasteiger partial charge in [-0.25, -0.2) is 14.4 Å². The number of aliphatic hydroxyl groups excluding tert-OH is 1. The number of aliphatic hydroxyl groups is 1. The quantitative estimate of drug-likeness (QED) is 0.464. The van der Waals surface area contributed by atoms with E-state index in [1.54, 1.807) is 30.9 Å². The van der Waals surface area contributed by atoms with Crippen molar-refractivity contribution in [1.82, 2.24) is 25.2 Å². The summed E-state index contributed by atoms with van der Waals surface area (Å²) in [5, 5.41) is 12.2. The first-order valence-electron chi connectivity index (χ1n) is 12.2. The van der Waals surface area contributed by atoms with E-state index in [1.165, 1.54) is 6.33 Å². The van der Waals surface area contributed by atoms with Crippen LogP contribution in [-0.2, 0) is 4.79 Å². The number of benzene rings is 1. The maximum absolute atomic E-state index is 15.4. The Morgan fingerprint density at radius 2 is 2.06 bits per heavy atom. The summed E-state index contributed by atoms with van der Waals surface area (Å²) in [5.41, 5.74) is 2.82. The van der Waals surface area contributed by atoms with Gasteiger partial charge in [0, 0.05) is 24.3 Å². The molecule has 2 aliphatic rings. The minimum absolute atomic E-state index is 0.0914. The number of fused-ring (bicyclic) bond motifs is 1. The maximum Gasteiger partial charge on any atom is 0.255 e. The van der Waals surface area contributed by atoms with E-state index >= 15 is 4.39 Å². The Bertz CT molecular complexity index is 1340. The van der Waals surface area contributed by atoms with Gasteiger partial charge < -0.3 is 25.0 Å². The average molecular weight is 496 g/mol. The largest absolute Gasteiger partial charge is 0.492 e. The van der Waals surface area contributed by atoms with Crippen LogP contribution in [0.15, 0.2) is 18.5 Å². The van der Waals surface area contributed by atoms with Gasteiger partial charge in [-0.2, -0.15) is 0 Å². The number of aromatic nitrogens is 3. The summed E-state index contributed by atoms with van der Waals surface area (Å²) >= 11 is 0. The van der Waals surface area contributed by atoms with Gasteiger partial charge in [-0.05, 0) is 57.6 Å². The molecule has 5 rings (SSSR count). The first kappa shape index (κ1) is 24.2. The molecule has 1 aliphatic carbocycles. The highest BCUT2D eigenvalue weighted by Crippen LogP contribution is 2.39. The highest BCUT2D eigenvalue weighted by Gasteiger charge is 2.34. The third kappa shape index (κ3) is 4.41. The fourth-order valence-electron chi connectivity index (χ4n) is 4.92.